The van der Waals surface area contributed by atoms with Gasteiger partial charge in [-0.3, -0.25) is 4.90 Å². The average Bonchev–Trinajstić information content (AvgIpc) is 3.34. The van der Waals surface area contributed by atoms with Crippen LogP contribution in [0, 0.1) is 11.8 Å². The van der Waals surface area contributed by atoms with E-state index in [0.29, 0.717) is 17.0 Å². The minimum Gasteiger partial charge on any atom is -0.373 e. The van der Waals surface area contributed by atoms with Gasteiger partial charge in [0, 0.05) is 36.3 Å². The SMILES string of the molecule is CC/C=C(/C/C(C)=C/C=C(/Cl)CCl)N1CCC(N2CCC(C(C)/C=C\CCC)CC2)C1.CN. The van der Waals surface area contributed by atoms with Crippen molar-refractivity contribution in [3.05, 3.63) is 46.7 Å². The van der Waals surface area contributed by atoms with Crippen molar-refractivity contribution in [2.45, 2.75) is 78.7 Å². The van der Waals surface area contributed by atoms with E-state index in [9.17, 15) is 0 Å². The second-order valence-corrected chi connectivity index (χ2v) is 10.1. The number of hydrogen-bond acceptors (Lipinski definition) is 3. The molecule has 2 aliphatic rings. The Bertz CT molecular complexity index is 646. The maximum Gasteiger partial charge on any atom is 0.0581 e. The number of hydrogen-bond donors (Lipinski definition) is 1. The number of rotatable bonds is 11. The number of halogens is 2. The van der Waals surface area contributed by atoms with Crippen molar-refractivity contribution >= 4 is 23.2 Å². The number of unbranched alkanes of at least 4 members (excludes halogenated alkanes) is 1. The number of nitrogens with two attached hydrogens (primary N) is 1. The molecule has 190 valence electrons. The largest absolute Gasteiger partial charge is 0.373 e. The van der Waals surface area contributed by atoms with Crippen LogP contribution in [0.2, 0.25) is 0 Å². The third-order valence-electron chi connectivity index (χ3n) is 6.87. The molecule has 0 aromatic rings. The van der Waals surface area contributed by atoms with E-state index in [1.165, 1.54) is 76.6 Å². The normalized spacial score (nSPS) is 22.6. The van der Waals surface area contributed by atoms with E-state index >= 15 is 0 Å². The molecule has 2 rings (SSSR count). The van der Waals surface area contributed by atoms with Gasteiger partial charge in [-0.15, -0.1) is 11.6 Å². The predicted molar refractivity (Wildman–Crippen MR) is 149 cm³/mol. The van der Waals surface area contributed by atoms with Crippen molar-refractivity contribution in [2.75, 3.05) is 39.1 Å². The fourth-order valence-electron chi connectivity index (χ4n) is 4.92. The van der Waals surface area contributed by atoms with Gasteiger partial charge in [0.1, 0.15) is 0 Å². The molecule has 0 aromatic carbocycles. The molecular formula is C28H49Cl2N3. The first-order valence-electron chi connectivity index (χ1n) is 13.0. The van der Waals surface area contributed by atoms with E-state index in [4.69, 9.17) is 23.2 Å². The zero-order chi connectivity index (χ0) is 24.6. The number of allylic oxidation sites excluding steroid dienone is 7. The minimum absolute atomic E-state index is 0.376. The topological polar surface area (TPSA) is 32.5 Å². The molecule has 33 heavy (non-hydrogen) atoms. The predicted octanol–water partition coefficient (Wildman–Crippen LogP) is 7.33. The molecule has 0 aliphatic carbocycles. The Balaban J connectivity index is 0.00000265. The summed E-state index contributed by atoms with van der Waals surface area (Å²) in [5, 5.41) is 0.696. The Labute approximate surface area is 214 Å². The van der Waals surface area contributed by atoms with Crippen molar-refractivity contribution in [2.24, 2.45) is 17.6 Å². The maximum absolute atomic E-state index is 6.05. The summed E-state index contributed by atoms with van der Waals surface area (Å²) < 4.78 is 0. The highest BCUT2D eigenvalue weighted by Crippen LogP contribution is 2.30. The minimum atomic E-state index is 0.376. The van der Waals surface area contributed by atoms with Gasteiger partial charge in [0.05, 0.1) is 5.88 Å². The van der Waals surface area contributed by atoms with Gasteiger partial charge in [-0.25, -0.2) is 0 Å². The van der Waals surface area contributed by atoms with Crippen LogP contribution in [0.25, 0.3) is 0 Å². The number of piperidine rings is 1. The highest BCUT2D eigenvalue weighted by molar-refractivity contribution is 6.35. The summed E-state index contributed by atoms with van der Waals surface area (Å²) in [6, 6.07) is 0.710. The van der Waals surface area contributed by atoms with E-state index in [0.717, 1.165) is 24.7 Å². The Morgan fingerprint density at radius 3 is 2.39 bits per heavy atom. The van der Waals surface area contributed by atoms with Crippen LogP contribution in [0.5, 0.6) is 0 Å². The first kappa shape index (κ1) is 30.3. The third-order valence-corrected chi connectivity index (χ3v) is 7.56. The number of nitrogens with zero attached hydrogens (tertiary/aromatic N) is 2. The van der Waals surface area contributed by atoms with Crippen LogP contribution in [-0.4, -0.2) is 54.9 Å². The fraction of sp³-hybridized carbons (Fsp3) is 0.714. The van der Waals surface area contributed by atoms with Gasteiger partial charge in [0.15, 0.2) is 0 Å². The Kier molecular flexibility index (Phi) is 16.2. The number of likely N-dealkylation sites (tertiary alicyclic amines) is 2. The highest BCUT2D eigenvalue weighted by Gasteiger charge is 2.32. The summed E-state index contributed by atoms with van der Waals surface area (Å²) in [6.07, 6.45) is 19.8. The van der Waals surface area contributed by atoms with Crippen LogP contribution in [0.3, 0.4) is 0 Å². The van der Waals surface area contributed by atoms with Crippen LogP contribution in [0.4, 0.5) is 0 Å². The van der Waals surface area contributed by atoms with E-state index in [2.05, 4.69) is 67.5 Å². The van der Waals surface area contributed by atoms with Crippen molar-refractivity contribution in [1.82, 2.24) is 9.80 Å². The van der Waals surface area contributed by atoms with E-state index < -0.39 is 0 Å². The first-order valence-corrected chi connectivity index (χ1v) is 13.9. The molecule has 2 unspecified atom stereocenters. The van der Waals surface area contributed by atoms with Gasteiger partial charge in [-0.2, -0.15) is 0 Å². The highest BCUT2D eigenvalue weighted by atomic mass is 35.5. The van der Waals surface area contributed by atoms with Gasteiger partial charge in [-0.1, -0.05) is 68.7 Å². The molecule has 0 saturated carbocycles. The van der Waals surface area contributed by atoms with Gasteiger partial charge >= 0.3 is 0 Å². The maximum atomic E-state index is 6.05. The molecule has 2 atom stereocenters. The Hall–Kier alpha value is -0.740. The summed E-state index contributed by atoms with van der Waals surface area (Å²) >= 11 is 11.8. The van der Waals surface area contributed by atoms with E-state index in [-0.39, 0.29) is 0 Å². The van der Waals surface area contributed by atoms with Crippen LogP contribution >= 0.6 is 23.2 Å². The summed E-state index contributed by atoms with van der Waals surface area (Å²) in [4.78, 5) is 5.40. The molecule has 0 bridgehead atoms. The molecule has 2 saturated heterocycles. The third kappa shape index (κ3) is 11.0. The Morgan fingerprint density at radius 2 is 1.79 bits per heavy atom. The summed E-state index contributed by atoms with van der Waals surface area (Å²) in [7, 11) is 1.50. The van der Waals surface area contributed by atoms with Crippen LogP contribution in [-0.2, 0) is 0 Å². The van der Waals surface area contributed by atoms with Crippen molar-refractivity contribution < 1.29 is 0 Å². The second-order valence-electron chi connectivity index (χ2n) is 9.38. The van der Waals surface area contributed by atoms with Gasteiger partial charge in [0.25, 0.3) is 0 Å². The zero-order valence-corrected chi connectivity index (χ0v) is 23.3. The molecule has 5 heteroatoms. The van der Waals surface area contributed by atoms with E-state index in [1.54, 1.807) is 0 Å². The Morgan fingerprint density at radius 1 is 1.09 bits per heavy atom. The molecule has 0 aromatic heterocycles. The zero-order valence-electron chi connectivity index (χ0n) is 21.8. The van der Waals surface area contributed by atoms with Crippen LogP contribution in [0.1, 0.15) is 72.6 Å². The lowest BCUT2D eigenvalue weighted by Gasteiger charge is -2.37. The van der Waals surface area contributed by atoms with E-state index in [1.807, 2.05) is 6.08 Å². The standard InChI is InChI=1S/C27H44Cl2N2.CH5N/c1-5-7-8-10-23(4)24-13-16-30(17-14-24)27-15-18-31(21-27)26(9-6-2)19-22(3)11-12-25(29)20-28;1-2/h8-12,23-24,27H,5-7,13-21H2,1-4H3;2H2,1H3/b10-8-,22-11+,25-12+,26-9-;. The summed E-state index contributed by atoms with van der Waals surface area (Å²) in [5.74, 6) is 1.96. The molecule has 2 heterocycles. The lowest BCUT2D eigenvalue weighted by molar-refractivity contribution is 0.122. The molecule has 0 spiro atoms. The van der Waals surface area contributed by atoms with Crippen LogP contribution < -0.4 is 5.73 Å². The molecule has 2 fully saturated rings. The molecule has 3 nitrogen and oxygen atoms in total. The quantitative estimate of drug-likeness (QED) is 0.184. The number of alkyl halides is 1. The van der Waals surface area contributed by atoms with Gasteiger partial charge < -0.3 is 10.6 Å². The van der Waals surface area contributed by atoms with Crippen molar-refractivity contribution in [3.63, 3.8) is 0 Å². The summed E-state index contributed by atoms with van der Waals surface area (Å²) in [5.41, 5.74) is 7.30. The van der Waals surface area contributed by atoms with Gasteiger partial charge in [0.2, 0.25) is 0 Å². The summed E-state index contributed by atoms with van der Waals surface area (Å²) in [6.45, 7) is 14.0. The molecule has 0 radical (unpaired) electrons. The fourth-order valence-corrected chi connectivity index (χ4v) is 5.07. The second kappa shape index (κ2) is 17.7. The van der Waals surface area contributed by atoms with Crippen molar-refractivity contribution in [1.29, 1.82) is 0 Å². The van der Waals surface area contributed by atoms with Crippen molar-refractivity contribution in [3.8, 4) is 0 Å². The first-order chi connectivity index (χ1) is 16.0. The lowest BCUT2D eigenvalue weighted by atomic mass is 9.84. The molecule has 2 aliphatic heterocycles. The lowest BCUT2D eigenvalue weighted by Crippen LogP contribution is -2.43. The molecule has 0 amide bonds. The molecular weight excluding hydrogens is 449 g/mol. The van der Waals surface area contributed by atoms with Gasteiger partial charge in [-0.05, 0) is 77.1 Å². The smallest absolute Gasteiger partial charge is 0.0581 e. The molecule has 2 N–H and O–H groups in total. The van der Waals surface area contributed by atoms with Crippen LogP contribution in [0.15, 0.2) is 46.7 Å². The average molecular weight is 499 g/mol. The monoisotopic (exact) mass is 497 g/mol.